The van der Waals surface area contributed by atoms with Crippen LogP contribution in [0.2, 0.25) is 5.22 Å². The summed E-state index contributed by atoms with van der Waals surface area (Å²) in [6.07, 6.45) is 1.38. The molecule has 0 amide bonds. The van der Waals surface area contributed by atoms with Gasteiger partial charge in [-0.2, -0.15) is 0 Å². The lowest BCUT2D eigenvalue weighted by atomic mass is 10.1. The minimum atomic E-state index is 0.115. The molecule has 2 heterocycles. The number of hydrogen-bond donors (Lipinski definition) is 1. The molecule has 5 heteroatoms. The van der Waals surface area contributed by atoms with Crippen LogP contribution < -0.4 is 0 Å². The lowest BCUT2D eigenvalue weighted by molar-refractivity contribution is 0.480. The second-order valence-electron chi connectivity index (χ2n) is 3.50. The largest absolute Gasteiger partial charge is 0.506 e. The van der Waals surface area contributed by atoms with Crippen molar-refractivity contribution in [2.24, 2.45) is 0 Å². The lowest BCUT2D eigenvalue weighted by Crippen LogP contribution is -1.87. The number of halogens is 1. The van der Waals surface area contributed by atoms with Gasteiger partial charge in [-0.05, 0) is 29.8 Å². The smallest absolute Gasteiger partial charge is 0.194 e. The third kappa shape index (κ3) is 1.62. The van der Waals surface area contributed by atoms with E-state index in [1.54, 1.807) is 24.3 Å². The van der Waals surface area contributed by atoms with E-state index in [4.69, 9.17) is 16.0 Å². The molecular formula is C12H7ClN2O2. The number of furan rings is 1. The molecule has 0 aliphatic heterocycles. The van der Waals surface area contributed by atoms with Crippen LogP contribution in [-0.4, -0.2) is 15.1 Å². The molecule has 1 aromatic carbocycles. The van der Waals surface area contributed by atoms with Crippen molar-refractivity contribution in [3.8, 4) is 17.2 Å². The van der Waals surface area contributed by atoms with Crippen LogP contribution in [0.4, 0.5) is 0 Å². The van der Waals surface area contributed by atoms with E-state index in [-0.39, 0.29) is 5.75 Å². The van der Waals surface area contributed by atoms with Crippen molar-refractivity contribution in [2.75, 3.05) is 0 Å². The molecule has 0 spiro atoms. The summed E-state index contributed by atoms with van der Waals surface area (Å²) < 4.78 is 5.31. The molecular weight excluding hydrogens is 240 g/mol. The number of hydrogen-bond acceptors (Lipinski definition) is 4. The van der Waals surface area contributed by atoms with Crippen molar-refractivity contribution >= 4 is 22.5 Å². The van der Waals surface area contributed by atoms with E-state index in [1.807, 2.05) is 6.07 Å². The number of para-hydroxylation sites is 1. The average molecular weight is 247 g/mol. The lowest BCUT2D eigenvalue weighted by Gasteiger charge is -2.03. The van der Waals surface area contributed by atoms with Crippen molar-refractivity contribution in [1.82, 2.24) is 9.97 Å². The molecule has 3 rings (SSSR count). The number of aromatic nitrogens is 2. The van der Waals surface area contributed by atoms with Crippen LogP contribution in [0.1, 0.15) is 0 Å². The van der Waals surface area contributed by atoms with Gasteiger partial charge in [-0.3, -0.25) is 0 Å². The van der Waals surface area contributed by atoms with Crippen LogP contribution in [0, 0.1) is 0 Å². The molecule has 0 radical (unpaired) electrons. The highest BCUT2D eigenvalue weighted by Crippen LogP contribution is 2.31. The topological polar surface area (TPSA) is 59.2 Å². The quantitative estimate of drug-likeness (QED) is 0.716. The van der Waals surface area contributed by atoms with Crippen LogP contribution in [0.25, 0.3) is 22.4 Å². The molecule has 1 N–H and O–H groups in total. The van der Waals surface area contributed by atoms with Crippen LogP contribution in [0.3, 0.4) is 0 Å². The monoisotopic (exact) mass is 246 g/mol. The Labute approximate surface area is 102 Å². The summed E-state index contributed by atoms with van der Waals surface area (Å²) in [6, 6.07) is 8.51. The van der Waals surface area contributed by atoms with Crippen LogP contribution in [0.5, 0.6) is 5.75 Å². The van der Waals surface area contributed by atoms with Crippen LogP contribution in [-0.2, 0) is 0 Å². The molecule has 0 atom stereocenters. The van der Waals surface area contributed by atoms with E-state index in [1.165, 1.54) is 6.33 Å². The molecule has 0 unspecified atom stereocenters. The predicted octanol–water partition coefficient (Wildman–Crippen LogP) is 3.25. The van der Waals surface area contributed by atoms with Crippen molar-refractivity contribution in [1.29, 1.82) is 0 Å². The van der Waals surface area contributed by atoms with E-state index in [2.05, 4.69) is 9.97 Å². The van der Waals surface area contributed by atoms with Gasteiger partial charge in [-0.1, -0.05) is 12.1 Å². The standard InChI is InChI=1S/C12H7ClN2O2/c13-10-5-4-9(17-10)12-7-2-1-3-8(16)11(7)14-6-15-12/h1-6,16H. The Hall–Kier alpha value is -2.07. The number of rotatable bonds is 1. The molecule has 17 heavy (non-hydrogen) atoms. The van der Waals surface area contributed by atoms with Gasteiger partial charge >= 0.3 is 0 Å². The van der Waals surface area contributed by atoms with Gasteiger partial charge in [0.2, 0.25) is 0 Å². The molecule has 4 nitrogen and oxygen atoms in total. The van der Waals surface area contributed by atoms with Gasteiger partial charge in [0.15, 0.2) is 11.0 Å². The first kappa shape index (κ1) is 10.1. The first-order chi connectivity index (χ1) is 8.25. The Balaban J connectivity index is 2.34. The van der Waals surface area contributed by atoms with Crippen LogP contribution >= 0.6 is 11.6 Å². The van der Waals surface area contributed by atoms with Gasteiger partial charge in [0.05, 0.1) is 0 Å². The van der Waals surface area contributed by atoms with E-state index in [9.17, 15) is 5.11 Å². The summed E-state index contributed by atoms with van der Waals surface area (Å²) >= 11 is 5.73. The van der Waals surface area contributed by atoms with E-state index in [0.29, 0.717) is 22.2 Å². The van der Waals surface area contributed by atoms with E-state index in [0.717, 1.165) is 5.39 Å². The molecule has 0 aliphatic rings. The summed E-state index contributed by atoms with van der Waals surface area (Å²) in [5.74, 6) is 0.664. The molecule has 2 aromatic heterocycles. The third-order valence-electron chi connectivity index (χ3n) is 2.45. The number of aromatic hydroxyl groups is 1. The van der Waals surface area contributed by atoms with E-state index >= 15 is 0 Å². The Kier molecular flexibility index (Phi) is 2.23. The van der Waals surface area contributed by atoms with Gasteiger partial charge in [-0.25, -0.2) is 9.97 Å². The molecule has 0 fully saturated rings. The average Bonchev–Trinajstić information content (AvgIpc) is 2.76. The molecule has 0 saturated carbocycles. The fourth-order valence-electron chi connectivity index (χ4n) is 1.71. The zero-order valence-corrected chi connectivity index (χ0v) is 9.35. The second kappa shape index (κ2) is 3.75. The fraction of sp³-hybridized carbons (Fsp3) is 0. The van der Waals surface area contributed by atoms with Crippen molar-refractivity contribution < 1.29 is 9.52 Å². The molecule has 84 valence electrons. The van der Waals surface area contributed by atoms with Crippen LogP contribution in [0.15, 0.2) is 41.1 Å². The number of nitrogens with zero attached hydrogens (tertiary/aromatic N) is 2. The summed E-state index contributed by atoms with van der Waals surface area (Å²) in [7, 11) is 0. The van der Waals surface area contributed by atoms with Crippen molar-refractivity contribution in [2.45, 2.75) is 0 Å². The SMILES string of the molecule is Oc1cccc2c(-c3ccc(Cl)o3)ncnc12. The van der Waals surface area contributed by atoms with Gasteiger partial charge < -0.3 is 9.52 Å². The fourth-order valence-corrected chi connectivity index (χ4v) is 1.86. The third-order valence-corrected chi connectivity index (χ3v) is 2.65. The van der Waals surface area contributed by atoms with Gasteiger partial charge in [0.25, 0.3) is 0 Å². The summed E-state index contributed by atoms with van der Waals surface area (Å²) in [5, 5.41) is 10.7. The molecule has 0 bridgehead atoms. The highest BCUT2D eigenvalue weighted by Gasteiger charge is 2.11. The Morgan fingerprint density at radius 1 is 1.12 bits per heavy atom. The molecule has 0 saturated heterocycles. The summed E-state index contributed by atoms with van der Waals surface area (Å²) in [4.78, 5) is 8.19. The maximum absolute atomic E-state index is 9.70. The van der Waals surface area contributed by atoms with Gasteiger partial charge in [-0.15, -0.1) is 0 Å². The zero-order valence-electron chi connectivity index (χ0n) is 8.59. The predicted molar refractivity (Wildman–Crippen MR) is 63.9 cm³/mol. The Morgan fingerprint density at radius 2 is 2.00 bits per heavy atom. The zero-order chi connectivity index (χ0) is 11.8. The van der Waals surface area contributed by atoms with Crippen molar-refractivity contribution in [3.63, 3.8) is 0 Å². The maximum atomic E-state index is 9.70. The van der Waals surface area contributed by atoms with Gasteiger partial charge in [0, 0.05) is 5.39 Å². The number of benzene rings is 1. The number of phenolic OH excluding ortho intramolecular Hbond substituents is 1. The highest BCUT2D eigenvalue weighted by molar-refractivity contribution is 6.29. The maximum Gasteiger partial charge on any atom is 0.194 e. The summed E-state index contributed by atoms with van der Waals surface area (Å²) in [5.41, 5.74) is 1.10. The Bertz CT molecular complexity index is 694. The minimum Gasteiger partial charge on any atom is -0.506 e. The first-order valence-electron chi connectivity index (χ1n) is 4.94. The summed E-state index contributed by atoms with van der Waals surface area (Å²) in [6.45, 7) is 0. The highest BCUT2D eigenvalue weighted by atomic mass is 35.5. The van der Waals surface area contributed by atoms with Crippen molar-refractivity contribution in [3.05, 3.63) is 41.9 Å². The second-order valence-corrected chi connectivity index (χ2v) is 3.87. The first-order valence-corrected chi connectivity index (χ1v) is 5.32. The van der Waals surface area contributed by atoms with Gasteiger partial charge in [0.1, 0.15) is 23.3 Å². The molecule has 3 aromatic rings. The normalized spacial score (nSPS) is 10.9. The Morgan fingerprint density at radius 3 is 2.76 bits per heavy atom. The number of phenols is 1. The molecule has 0 aliphatic carbocycles. The number of fused-ring (bicyclic) bond motifs is 1. The minimum absolute atomic E-state index is 0.115. The van der Waals surface area contributed by atoms with E-state index < -0.39 is 0 Å².